The third kappa shape index (κ3) is 3.35. The summed E-state index contributed by atoms with van der Waals surface area (Å²) in [5, 5.41) is 0.360. The van der Waals surface area contributed by atoms with E-state index in [1.165, 1.54) is 12.1 Å². The average molecular weight is 353 g/mol. The molecule has 3 nitrogen and oxygen atoms in total. The van der Waals surface area contributed by atoms with Gasteiger partial charge in [0, 0.05) is 11.1 Å². The molecule has 0 spiro atoms. The van der Waals surface area contributed by atoms with Gasteiger partial charge in [-0.3, -0.25) is 0 Å². The van der Waals surface area contributed by atoms with Crippen LogP contribution < -0.4 is 4.74 Å². The van der Waals surface area contributed by atoms with E-state index >= 15 is 0 Å². The molecule has 0 aliphatic rings. The summed E-state index contributed by atoms with van der Waals surface area (Å²) in [5.74, 6) is 1.17. The van der Waals surface area contributed by atoms with Gasteiger partial charge in [0.25, 0.3) is 0 Å². The molecule has 3 aromatic carbocycles. The Labute approximate surface area is 149 Å². The normalized spacial score (nSPS) is 11.0. The minimum absolute atomic E-state index is 0.281. The minimum Gasteiger partial charge on any atom is -0.489 e. The molecule has 0 amide bonds. The van der Waals surface area contributed by atoms with Crippen molar-refractivity contribution in [2.75, 3.05) is 0 Å². The summed E-state index contributed by atoms with van der Waals surface area (Å²) in [6.45, 7) is 0.281. The van der Waals surface area contributed by atoms with E-state index < -0.39 is 0 Å². The van der Waals surface area contributed by atoms with Gasteiger partial charge in [-0.05, 0) is 48.5 Å². The second-order valence-electron chi connectivity index (χ2n) is 5.65. The van der Waals surface area contributed by atoms with E-state index in [1.807, 2.05) is 48.5 Å². The molecule has 0 atom stereocenters. The van der Waals surface area contributed by atoms with Gasteiger partial charge >= 0.3 is 0 Å². The summed E-state index contributed by atoms with van der Waals surface area (Å²) in [7, 11) is 0. The zero-order valence-corrected chi connectivity index (χ0v) is 13.9. The predicted molar refractivity (Wildman–Crippen MR) is 97.3 cm³/mol. The molecule has 1 aromatic heterocycles. The number of nitrogens with zero attached hydrogens (tertiary/aromatic N) is 1. The number of ether oxygens (including phenoxy) is 1. The third-order valence-electron chi connectivity index (χ3n) is 3.93. The number of halogens is 2. The van der Waals surface area contributed by atoms with Gasteiger partial charge in [-0.15, -0.1) is 0 Å². The van der Waals surface area contributed by atoms with Crippen molar-refractivity contribution < 1.29 is 9.13 Å². The van der Waals surface area contributed by atoms with Crippen LogP contribution in [0.25, 0.3) is 22.4 Å². The predicted octanol–water partition coefficient (Wildman–Crippen LogP) is 5.60. The first-order valence-electron chi connectivity index (χ1n) is 7.81. The lowest BCUT2D eigenvalue weighted by Crippen LogP contribution is -1.96. The number of fused-ring (bicyclic) bond motifs is 1. The van der Waals surface area contributed by atoms with Gasteiger partial charge in [-0.25, -0.2) is 9.37 Å². The average Bonchev–Trinajstić information content (AvgIpc) is 3.05. The number of H-pyrrole nitrogens is 1. The number of imidazole rings is 1. The molecule has 0 aliphatic carbocycles. The van der Waals surface area contributed by atoms with Gasteiger partial charge < -0.3 is 9.72 Å². The lowest BCUT2D eigenvalue weighted by atomic mass is 10.2. The molecule has 1 N–H and O–H groups in total. The maximum Gasteiger partial charge on any atom is 0.138 e. The highest BCUT2D eigenvalue weighted by Crippen LogP contribution is 2.24. The zero-order chi connectivity index (χ0) is 17.2. The smallest absolute Gasteiger partial charge is 0.138 e. The van der Waals surface area contributed by atoms with Gasteiger partial charge in [0.15, 0.2) is 0 Å². The van der Waals surface area contributed by atoms with Crippen LogP contribution in [0, 0.1) is 5.82 Å². The van der Waals surface area contributed by atoms with Gasteiger partial charge in [0.2, 0.25) is 0 Å². The van der Waals surface area contributed by atoms with Crippen molar-refractivity contribution in [2.24, 2.45) is 0 Å². The molecule has 0 fully saturated rings. The number of rotatable bonds is 4. The van der Waals surface area contributed by atoms with Crippen LogP contribution in [0.15, 0.2) is 66.7 Å². The van der Waals surface area contributed by atoms with E-state index in [0.29, 0.717) is 10.8 Å². The molecular formula is C20H14ClFN2O. The van der Waals surface area contributed by atoms with Gasteiger partial charge in [0.1, 0.15) is 24.0 Å². The van der Waals surface area contributed by atoms with Gasteiger partial charge in [-0.2, -0.15) is 0 Å². The van der Waals surface area contributed by atoms with Crippen molar-refractivity contribution in [2.45, 2.75) is 6.61 Å². The molecule has 25 heavy (non-hydrogen) atoms. The lowest BCUT2D eigenvalue weighted by molar-refractivity contribution is 0.306. The Morgan fingerprint density at radius 3 is 2.56 bits per heavy atom. The van der Waals surface area contributed by atoms with Crippen molar-refractivity contribution in [3.8, 4) is 17.1 Å². The molecule has 0 saturated heterocycles. The molecular weight excluding hydrogens is 339 g/mol. The summed E-state index contributed by atoms with van der Waals surface area (Å²) in [5.41, 5.74) is 3.65. The first kappa shape index (κ1) is 15.7. The number of aromatic nitrogens is 2. The standard InChI is InChI=1S/C20H14ClFN2O/c21-17-11-15(22)8-5-14(17)12-25-16-9-6-13(7-10-16)20-23-18-3-1-2-4-19(18)24-20/h1-11H,12H2,(H,23,24). The van der Waals surface area contributed by atoms with Crippen molar-refractivity contribution in [1.82, 2.24) is 9.97 Å². The second-order valence-corrected chi connectivity index (χ2v) is 6.06. The molecule has 4 aromatic rings. The SMILES string of the molecule is Fc1ccc(COc2ccc(-c3nc4ccccc4[nH]3)cc2)c(Cl)c1. The molecule has 0 radical (unpaired) electrons. The highest BCUT2D eigenvalue weighted by atomic mass is 35.5. The Morgan fingerprint density at radius 1 is 1.00 bits per heavy atom. The van der Waals surface area contributed by atoms with E-state index in [1.54, 1.807) is 6.07 Å². The molecule has 1 heterocycles. The van der Waals surface area contributed by atoms with E-state index in [4.69, 9.17) is 16.3 Å². The number of para-hydroxylation sites is 2. The van der Waals surface area contributed by atoms with Crippen molar-refractivity contribution in [3.05, 3.63) is 83.1 Å². The number of aromatic amines is 1. The molecule has 124 valence electrons. The van der Waals surface area contributed by atoms with Crippen molar-refractivity contribution >= 4 is 22.6 Å². The monoisotopic (exact) mass is 352 g/mol. The zero-order valence-electron chi connectivity index (χ0n) is 13.2. The van der Waals surface area contributed by atoms with Crippen LogP contribution in [-0.2, 0) is 6.61 Å². The Bertz CT molecular complexity index is 994. The Kier molecular flexibility index (Phi) is 4.12. The second kappa shape index (κ2) is 6.57. The Hall–Kier alpha value is -2.85. The quantitative estimate of drug-likeness (QED) is 0.519. The summed E-state index contributed by atoms with van der Waals surface area (Å²) in [6, 6.07) is 19.8. The topological polar surface area (TPSA) is 37.9 Å². The molecule has 0 bridgehead atoms. The maximum absolute atomic E-state index is 13.1. The summed E-state index contributed by atoms with van der Waals surface area (Å²) >= 11 is 6.01. The van der Waals surface area contributed by atoms with E-state index in [0.717, 1.165) is 28.0 Å². The number of hydrogen-bond acceptors (Lipinski definition) is 2. The van der Waals surface area contributed by atoms with Crippen LogP contribution in [0.4, 0.5) is 4.39 Å². The van der Waals surface area contributed by atoms with Crippen LogP contribution >= 0.6 is 11.6 Å². The maximum atomic E-state index is 13.1. The van der Waals surface area contributed by atoms with Crippen LogP contribution in [0.5, 0.6) is 5.75 Å². The largest absolute Gasteiger partial charge is 0.489 e. The van der Waals surface area contributed by atoms with Crippen molar-refractivity contribution in [1.29, 1.82) is 0 Å². The Morgan fingerprint density at radius 2 is 1.80 bits per heavy atom. The molecule has 5 heteroatoms. The molecule has 4 rings (SSSR count). The van der Waals surface area contributed by atoms with Crippen LogP contribution in [0.2, 0.25) is 5.02 Å². The molecule has 0 aliphatic heterocycles. The fraction of sp³-hybridized carbons (Fsp3) is 0.0500. The fourth-order valence-electron chi connectivity index (χ4n) is 2.60. The molecule has 0 unspecified atom stereocenters. The Balaban J connectivity index is 1.49. The summed E-state index contributed by atoms with van der Waals surface area (Å²) in [6.07, 6.45) is 0. The van der Waals surface area contributed by atoms with E-state index in [9.17, 15) is 4.39 Å². The highest BCUT2D eigenvalue weighted by molar-refractivity contribution is 6.31. The van der Waals surface area contributed by atoms with Gasteiger partial charge in [0.05, 0.1) is 16.1 Å². The lowest BCUT2D eigenvalue weighted by Gasteiger charge is -2.08. The number of benzene rings is 3. The van der Waals surface area contributed by atoms with Crippen LogP contribution in [0.3, 0.4) is 0 Å². The third-order valence-corrected chi connectivity index (χ3v) is 4.28. The van der Waals surface area contributed by atoms with Crippen LogP contribution in [0.1, 0.15) is 5.56 Å². The summed E-state index contributed by atoms with van der Waals surface area (Å²) in [4.78, 5) is 7.87. The first-order valence-corrected chi connectivity index (χ1v) is 8.19. The molecule has 0 saturated carbocycles. The van der Waals surface area contributed by atoms with Crippen LogP contribution in [-0.4, -0.2) is 9.97 Å². The van der Waals surface area contributed by atoms with Gasteiger partial charge in [-0.1, -0.05) is 29.8 Å². The van der Waals surface area contributed by atoms with Crippen molar-refractivity contribution in [3.63, 3.8) is 0 Å². The van der Waals surface area contributed by atoms with E-state index in [-0.39, 0.29) is 12.4 Å². The number of hydrogen-bond donors (Lipinski definition) is 1. The number of nitrogens with one attached hydrogen (secondary N) is 1. The summed E-state index contributed by atoms with van der Waals surface area (Å²) < 4.78 is 18.8. The first-order chi connectivity index (χ1) is 12.2. The fourth-order valence-corrected chi connectivity index (χ4v) is 2.82. The minimum atomic E-state index is -0.357. The van der Waals surface area contributed by atoms with E-state index in [2.05, 4.69) is 9.97 Å². The highest BCUT2D eigenvalue weighted by Gasteiger charge is 2.06.